The van der Waals surface area contributed by atoms with Gasteiger partial charge in [0.2, 0.25) is 0 Å². The molecule has 0 spiro atoms. The number of aromatic nitrogens is 2. The van der Waals surface area contributed by atoms with Crippen molar-refractivity contribution in [3.05, 3.63) is 51.5 Å². The number of aryl methyl sites for hydroxylation is 1. The van der Waals surface area contributed by atoms with E-state index in [4.69, 9.17) is 23.2 Å². The first kappa shape index (κ1) is 16.7. The number of anilines is 1. The van der Waals surface area contributed by atoms with Crippen LogP contribution >= 0.6 is 23.2 Å². The van der Waals surface area contributed by atoms with Gasteiger partial charge in [-0.25, -0.2) is 9.97 Å². The van der Waals surface area contributed by atoms with E-state index in [-0.39, 0.29) is 21.6 Å². The first-order valence-electron chi connectivity index (χ1n) is 6.79. The molecule has 0 unspecified atom stereocenters. The summed E-state index contributed by atoms with van der Waals surface area (Å²) in [5, 5.41) is 3.17. The van der Waals surface area contributed by atoms with Gasteiger partial charge < -0.3 is 5.32 Å². The maximum absolute atomic E-state index is 12.3. The summed E-state index contributed by atoms with van der Waals surface area (Å²) in [5.74, 6) is -0.367. The van der Waals surface area contributed by atoms with E-state index < -0.39 is 0 Å². The first-order valence-corrected chi connectivity index (χ1v) is 7.55. The summed E-state index contributed by atoms with van der Waals surface area (Å²) < 4.78 is 0. The van der Waals surface area contributed by atoms with Crippen molar-refractivity contribution in [2.75, 3.05) is 5.32 Å². The van der Waals surface area contributed by atoms with Gasteiger partial charge >= 0.3 is 0 Å². The molecule has 0 saturated heterocycles. The summed E-state index contributed by atoms with van der Waals surface area (Å²) in [4.78, 5) is 20.6. The van der Waals surface area contributed by atoms with Crippen LogP contribution in [0.5, 0.6) is 0 Å². The third-order valence-electron chi connectivity index (χ3n) is 3.18. The fraction of sp³-hybridized carbons (Fsp3) is 0.312. The Morgan fingerprint density at radius 3 is 2.45 bits per heavy atom. The number of carbonyl (C=O) groups is 1. The molecule has 0 bridgehead atoms. The summed E-state index contributed by atoms with van der Waals surface area (Å²) >= 11 is 12.2. The van der Waals surface area contributed by atoms with E-state index in [1.807, 2.05) is 13.0 Å². The normalized spacial score (nSPS) is 11.4. The maximum atomic E-state index is 12.3. The molecular weight excluding hydrogens is 321 g/mol. The number of carbonyl (C=O) groups excluding carboxylic acids is 1. The lowest BCUT2D eigenvalue weighted by atomic mass is 9.91. The van der Waals surface area contributed by atoms with Gasteiger partial charge in [0.05, 0.1) is 11.3 Å². The fourth-order valence-corrected chi connectivity index (χ4v) is 2.40. The Balaban J connectivity index is 2.35. The lowest BCUT2D eigenvalue weighted by molar-refractivity contribution is 0.102. The second-order valence-corrected chi connectivity index (χ2v) is 6.75. The van der Waals surface area contributed by atoms with Crippen molar-refractivity contribution in [2.24, 2.45) is 0 Å². The zero-order valence-corrected chi connectivity index (χ0v) is 14.4. The van der Waals surface area contributed by atoms with E-state index in [1.165, 1.54) is 6.20 Å². The number of amides is 1. The van der Waals surface area contributed by atoms with E-state index in [0.29, 0.717) is 11.3 Å². The van der Waals surface area contributed by atoms with Crippen LogP contribution in [0, 0.1) is 6.92 Å². The Morgan fingerprint density at radius 1 is 1.23 bits per heavy atom. The van der Waals surface area contributed by atoms with Gasteiger partial charge in [-0.1, -0.05) is 44.0 Å². The lowest BCUT2D eigenvalue weighted by Crippen LogP contribution is -2.18. The van der Waals surface area contributed by atoms with Crippen LogP contribution < -0.4 is 5.32 Å². The minimum atomic E-state index is -0.367. The molecule has 0 aliphatic carbocycles. The highest BCUT2D eigenvalue weighted by Gasteiger charge is 2.20. The number of nitrogens with one attached hydrogen (secondary N) is 1. The van der Waals surface area contributed by atoms with Crippen LogP contribution in [0.1, 0.15) is 42.4 Å². The Bertz CT molecular complexity index is 701. The van der Waals surface area contributed by atoms with E-state index in [9.17, 15) is 4.79 Å². The molecule has 0 fully saturated rings. The minimum absolute atomic E-state index is 0.121. The average Bonchev–Trinajstić information content (AvgIpc) is 2.41. The summed E-state index contributed by atoms with van der Waals surface area (Å²) in [5.41, 5.74) is 2.37. The van der Waals surface area contributed by atoms with E-state index in [1.54, 1.807) is 12.1 Å². The number of pyridine rings is 2. The molecule has 0 aliphatic rings. The highest BCUT2D eigenvalue weighted by Crippen LogP contribution is 2.30. The monoisotopic (exact) mass is 337 g/mol. The molecule has 1 amide bonds. The van der Waals surface area contributed by atoms with E-state index >= 15 is 0 Å². The second kappa shape index (κ2) is 6.23. The molecule has 4 nitrogen and oxygen atoms in total. The van der Waals surface area contributed by atoms with Crippen molar-refractivity contribution in [3.63, 3.8) is 0 Å². The molecule has 2 aromatic heterocycles. The van der Waals surface area contributed by atoms with Crippen molar-refractivity contribution < 1.29 is 4.79 Å². The van der Waals surface area contributed by atoms with Crippen LogP contribution in [0.25, 0.3) is 0 Å². The molecule has 22 heavy (non-hydrogen) atoms. The largest absolute Gasteiger partial charge is 0.319 e. The molecule has 2 heterocycles. The number of rotatable bonds is 2. The molecule has 0 aliphatic heterocycles. The molecule has 0 aromatic carbocycles. The smallest absolute Gasteiger partial charge is 0.258 e. The maximum Gasteiger partial charge on any atom is 0.258 e. The van der Waals surface area contributed by atoms with Crippen molar-refractivity contribution in [1.29, 1.82) is 0 Å². The fourth-order valence-electron chi connectivity index (χ4n) is 1.90. The molecule has 0 radical (unpaired) electrons. The zero-order chi connectivity index (χ0) is 16.5. The molecule has 0 saturated carbocycles. The lowest BCUT2D eigenvalue weighted by Gasteiger charge is -2.20. The third kappa shape index (κ3) is 3.57. The van der Waals surface area contributed by atoms with Gasteiger partial charge in [0.25, 0.3) is 5.91 Å². The summed E-state index contributed by atoms with van der Waals surface area (Å²) in [7, 11) is 0. The molecule has 1 N–H and O–H groups in total. The van der Waals surface area contributed by atoms with Gasteiger partial charge in [-0.2, -0.15) is 0 Å². The van der Waals surface area contributed by atoms with Crippen molar-refractivity contribution in [2.45, 2.75) is 33.1 Å². The van der Waals surface area contributed by atoms with Crippen LogP contribution in [-0.4, -0.2) is 15.9 Å². The van der Waals surface area contributed by atoms with Gasteiger partial charge in [-0.05, 0) is 30.7 Å². The van der Waals surface area contributed by atoms with Gasteiger partial charge in [0.1, 0.15) is 5.15 Å². The number of hydrogen-bond acceptors (Lipinski definition) is 3. The molecule has 6 heteroatoms. The van der Waals surface area contributed by atoms with Crippen molar-refractivity contribution in [1.82, 2.24) is 9.97 Å². The molecule has 0 atom stereocenters. The summed E-state index contributed by atoms with van der Waals surface area (Å²) in [6, 6.07) is 5.17. The van der Waals surface area contributed by atoms with Gasteiger partial charge in [-0.15, -0.1) is 0 Å². The Labute approximate surface area is 139 Å². The number of hydrogen-bond donors (Lipinski definition) is 1. The van der Waals surface area contributed by atoms with Crippen molar-refractivity contribution in [3.8, 4) is 0 Å². The minimum Gasteiger partial charge on any atom is -0.319 e. The highest BCUT2D eigenvalue weighted by atomic mass is 35.5. The molecule has 2 aromatic rings. The van der Waals surface area contributed by atoms with Crippen LogP contribution in [0.4, 0.5) is 5.69 Å². The van der Waals surface area contributed by atoms with E-state index in [2.05, 4.69) is 36.1 Å². The van der Waals surface area contributed by atoms with Gasteiger partial charge in [0.15, 0.2) is 5.15 Å². The van der Waals surface area contributed by atoms with Gasteiger partial charge in [-0.3, -0.25) is 4.79 Å². The van der Waals surface area contributed by atoms with Crippen molar-refractivity contribution >= 4 is 34.8 Å². The number of nitrogens with zero attached hydrogens (tertiary/aromatic N) is 2. The average molecular weight is 338 g/mol. The predicted octanol–water partition coefficient (Wildman–Crippen LogP) is 4.64. The molecule has 2 rings (SSSR count). The number of halogens is 2. The van der Waals surface area contributed by atoms with Crippen LogP contribution in [0.2, 0.25) is 10.3 Å². The van der Waals surface area contributed by atoms with Crippen LogP contribution in [0.15, 0.2) is 24.4 Å². The first-order chi connectivity index (χ1) is 10.2. The second-order valence-electron chi connectivity index (χ2n) is 6.04. The third-order valence-corrected chi connectivity index (χ3v) is 3.76. The highest BCUT2D eigenvalue weighted by molar-refractivity contribution is 6.34. The standard InChI is InChI=1S/C16H17Cl2N3O/c1-9-8-11(16(2,3)4)20-14(18)12(9)21-15(22)10-6-5-7-19-13(10)17/h5-8H,1-4H3,(H,21,22). The topological polar surface area (TPSA) is 54.9 Å². The van der Waals surface area contributed by atoms with Crippen LogP contribution in [-0.2, 0) is 5.41 Å². The molecule has 116 valence electrons. The Kier molecular flexibility index (Phi) is 4.73. The summed E-state index contributed by atoms with van der Waals surface area (Å²) in [6.07, 6.45) is 1.52. The van der Waals surface area contributed by atoms with Crippen LogP contribution in [0.3, 0.4) is 0 Å². The summed E-state index contributed by atoms with van der Waals surface area (Å²) in [6.45, 7) is 8.04. The quantitative estimate of drug-likeness (QED) is 0.812. The predicted molar refractivity (Wildman–Crippen MR) is 89.9 cm³/mol. The Morgan fingerprint density at radius 2 is 1.91 bits per heavy atom. The molecular formula is C16H17Cl2N3O. The zero-order valence-electron chi connectivity index (χ0n) is 12.9. The van der Waals surface area contributed by atoms with E-state index in [0.717, 1.165) is 11.3 Å². The van der Waals surface area contributed by atoms with Gasteiger partial charge in [0, 0.05) is 17.3 Å². The Hall–Kier alpha value is -1.65. The SMILES string of the molecule is Cc1cc(C(C)(C)C)nc(Cl)c1NC(=O)c1cccnc1Cl.